The average molecular weight is 784 g/mol. The van der Waals surface area contributed by atoms with E-state index in [0.717, 1.165) is 51.4 Å². The molecule has 8 atom stereocenters. The fourth-order valence-electron chi connectivity index (χ4n) is 6.95. The second-order valence-electron chi connectivity index (χ2n) is 15.4. The molecular formula is C39H78NO12P. The van der Waals surface area contributed by atoms with Crippen LogP contribution in [0.3, 0.4) is 0 Å². The van der Waals surface area contributed by atoms with Crippen LogP contribution in [0.2, 0.25) is 0 Å². The molecule has 0 aromatic heterocycles. The van der Waals surface area contributed by atoms with E-state index in [1.54, 1.807) is 0 Å². The molecule has 13 nitrogen and oxygen atoms in total. The van der Waals surface area contributed by atoms with Crippen molar-refractivity contribution in [2.45, 2.75) is 236 Å². The molecule has 0 bridgehead atoms. The maximum atomic E-state index is 12.9. The van der Waals surface area contributed by atoms with Crippen molar-refractivity contribution in [1.82, 2.24) is 5.32 Å². The van der Waals surface area contributed by atoms with Crippen molar-refractivity contribution in [3.8, 4) is 0 Å². The first kappa shape index (κ1) is 50.3. The van der Waals surface area contributed by atoms with E-state index in [-0.39, 0.29) is 12.8 Å². The summed E-state index contributed by atoms with van der Waals surface area (Å²) in [6.07, 6.45) is 13.3. The van der Waals surface area contributed by atoms with Gasteiger partial charge in [-0.05, 0) is 12.8 Å². The van der Waals surface area contributed by atoms with E-state index in [1.165, 1.54) is 89.9 Å². The quantitative estimate of drug-likeness (QED) is 0.0283. The Morgan fingerprint density at radius 2 is 0.943 bits per heavy atom. The van der Waals surface area contributed by atoms with Gasteiger partial charge in [-0.15, -0.1) is 0 Å². The zero-order valence-electron chi connectivity index (χ0n) is 32.9. The normalized spacial score (nSPS) is 24.8. The van der Waals surface area contributed by atoms with Crippen LogP contribution in [0.4, 0.5) is 0 Å². The predicted octanol–water partition coefficient (Wildman–Crippen LogP) is 5.70. The number of phosphoric acid groups is 1. The highest BCUT2D eigenvalue weighted by Crippen LogP contribution is 2.47. The van der Waals surface area contributed by atoms with Gasteiger partial charge >= 0.3 is 7.82 Å². The molecule has 0 heterocycles. The van der Waals surface area contributed by atoms with Gasteiger partial charge < -0.3 is 46.0 Å². The molecule has 316 valence electrons. The minimum absolute atomic E-state index is 0.218. The highest BCUT2D eigenvalue weighted by Gasteiger charge is 2.51. The molecule has 1 saturated carbocycles. The largest absolute Gasteiger partial charge is 0.472 e. The van der Waals surface area contributed by atoms with Crippen LogP contribution >= 0.6 is 7.82 Å². The van der Waals surface area contributed by atoms with Crippen LogP contribution in [-0.4, -0.2) is 108 Å². The van der Waals surface area contributed by atoms with E-state index >= 15 is 0 Å². The molecule has 0 aromatic rings. The van der Waals surface area contributed by atoms with Gasteiger partial charge in [0.1, 0.15) is 36.6 Å². The summed E-state index contributed by atoms with van der Waals surface area (Å²) in [5.74, 6) is -0.563. The average Bonchev–Trinajstić information content (AvgIpc) is 3.12. The van der Waals surface area contributed by atoms with Gasteiger partial charge in [0.15, 0.2) is 0 Å². The van der Waals surface area contributed by atoms with Gasteiger partial charge in [-0.25, -0.2) is 4.57 Å². The van der Waals surface area contributed by atoms with Gasteiger partial charge in [0.05, 0.1) is 31.3 Å². The fraction of sp³-hybridized carbons (Fsp3) is 0.974. The molecule has 1 aliphatic rings. The van der Waals surface area contributed by atoms with Gasteiger partial charge in [-0.2, -0.15) is 0 Å². The number of carbonyl (C=O) groups is 1. The third-order valence-corrected chi connectivity index (χ3v) is 11.5. The van der Waals surface area contributed by atoms with E-state index in [1.807, 2.05) is 0 Å². The number of rotatable bonds is 34. The summed E-state index contributed by atoms with van der Waals surface area (Å²) in [6, 6.07) is -1.15. The van der Waals surface area contributed by atoms with Crippen molar-refractivity contribution in [3.63, 3.8) is 0 Å². The van der Waals surface area contributed by atoms with Crippen LogP contribution in [0.1, 0.15) is 181 Å². The number of amides is 1. The zero-order chi connectivity index (χ0) is 39.5. The van der Waals surface area contributed by atoms with E-state index in [9.17, 15) is 50.0 Å². The molecule has 0 aromatic carbocycles. The number of aliphatic hydroxyl groups is 7. The molecule has 53 heavy (non-hydrogen) atoms. The van der Waals surface area contributed by atoms with Crippen LogP contribution in [0.15, 0.2) is 0 Å². The first-order chi connectivity index (χ1) is 25.3. The number of hydrogen-bond acceptors (Lipinski definition) is 11. The van der Waals surface area contributed by atoms with Gasteiger partial charge in [-0.3, -0.25) is 13.8 Å². The number of nitrogens with one attached hydrogen (secondary N) is 1. The Labute approximate surface area is 319 Å². The third-order valence-electron chi connectivity index (χ3n) is 10.5. The van der Waals surface area contributed by atoms with Crippen LogP contribution in [-0.2, 0) is 18.4 Å². The minimum atomic E-state index is -5.10. The SMILES string of the molecule is CCCCCCCCCCCCCCCCCCC(O)C(COP(=O)(O)OC1C(O)C(O)C(O)C(O)C1O)NC(=O)CC(O)CCCCCCCCC. The Bertz CT molecular complexity index is 932. The smallest absolute Gasteiger partial charge is 0.393 e. The zero-order valence-corrected chi connectivity index (χ0v) is 33.8. The van der Waals surface area contributed by atoms with Gasteiger partial charge in [0.25, 0.3) is 0 Å². The van der Waals surface area contributed by atoms with Crippen molar-refractivity contribution < 1.29 is 59.0 Å². The lowest BCUT2D eigenvalue weighted by molar-refractivity contribution is -0.220. The Morgan fingerprint density at radius 1 is 0.585 bits per heavy atom. The molecule has 0 radical (unpaired) electrons. The number of unbranched alkanes of at least 4 members (excludes halogenated alkanes) is 21. The number of hydrogen-bond donors (Lipinski definition) is 9. The number of carbonyl (C=O) groups excluding carboxylic acids is 1. The molecule has 8 unspecified atom stereocenters. The summed E-state index contributed by atoms with van der Waals surface area (Å²) < 4.78 is 22.8. The summed E-state index contributed by atoms with van der Waals surface area (Å²) in [7, 11) is -5.10. The Morgan fingerprint density at radius 3 is 1.36 bits per heavy atom. The van der Waals surface area contributed by atoms with E-state index in [2.05, 4.69) is 19.2 Å². The van der Waals surface area contributed by atoms with E-state index < -0.39 is 75.2 Å². The molecule has 0 spiro atoms. The molecule has 0 saturated heterocycles. The first-order valence-electron chi connectivity index (χ1n) is 21.1. The second-order valence-corrected chi connectivity index (χ2v) is 16.8. The number of phosphoric ester groups is 1. The predicted molar refractivity (Wildman–Crippen MR) is 206 cm³/mol. The topological polar surface area (TPSA) is 226 Å². The second kappa shape index (κ2) is 30.4. The van der Waals surface area contributed by atoms with E-state index in [0.29, 0.717) is 12.8 Å². The molecule has 1 rings (SSSR count). The highest BCUT2D eigenvalue weighted by atomic mass is 31.2. The van der Waals surface area contributed by atoms with Crippen LogP contribution in [0.25, 0.3) is 0 Å². The van der Waals surface area contributed by atoms with Crippen molar-refractivity contribution in [2.75, 3.05) is 6.61 Å². The maximum Gasteiger partial charge on any atom is 0.472 e. The summed E-state index contributed by atoms with van der Waals surface area (Å²) in [6.45, 7) is 3.72. The summed E-state index contributed by atoms with van der Waals surface area (Å²) in [5, 5.41) is 74.2. The van der Waals surface area contributed by atoms with Crippen molar-refractivity contribution in [3.05, 3.63) is 0 Å². The van der Waals surface area contributed by atoms with Crippen molar-refractivity contribution in [2.24, 2.45) is 0 Å². The summed E-state index contributed by atoms with van der Waals surface area (Å²) >= 11 is 0. The van der Waals surface area contributed by atoms with Crippen LogP contribution < -0.4 is 5.32 Å². The molecule has 1 aliphatic carbocycles. The highest BCUT2D eigenvalue weighted by molar-refractivity contribution is 7.47. The maximum absolute atomic E-state index is 12.9. The molecule has 14 heteroatoms. The molecule has 9 N–H and O–H groups in total. The lowest BCUT2D eigenvalue weighted by Gasteiger charge is -2.41. The number of aliphatic hydroxyl groups excluding tert-OH is 7. The molecule has 1 amide bonds. The van der Waals surface area contributed by atoms with Gasteiger partial charge in [-0.1, -0.05) is 162 Å². The fourth-order valence-corrected chi connectivity index (χ4v) is 7.92. The Hall–Kier alpha value is -0.700. The van der Waals surface area contributed by atoms with Crippen molar-refractivity contribution >= 4 is 13.7 Å². The molecule has 1 fully saturated rings. The van der Waals surface area contributed by atoms with Crippen molar-refractivity contribution in [1.29, 1.82) is 0 Å². The van der Waals surface area contributed by atoms with Crippen LogP contribution in [0.5, 0.6) is 0 Å². The third kappa shape index (κ3) is 23.2. The van der Waals surface area contributed by atoms with E-state index in [4.69, 9.17) is 9.05 Å². The first-order valence-corrected chi connectivity index (χ1v) is 22.6. The summed E-state index contributed by atoms with van der Waals surface area (Å²) in [5.41, 5.74) is 0. The summed E-state index contributed by atoms with van der Waals surface area (Å²) in [4.78, 5) is 23.3. The van der Waals surface area contributed by atoms with Gasteiger partial charge in [0, 0.05) is 0 Å². The Kier molecular flexibility index (Phi) is 28.9. The standard InChI is InChI=1S/C39H78NO12P/c1-3-5-7-9-11-12-13-14-15-16-17-18-19-21-23-25-27-32(42)31(40-33(43)28-30(41)26-24-22-20-10-8-6-4-2)29-51-53(49,50)52-39-37(47)35(45)34(44)36(46)38(39)48/h30-32,34-39,41-42,44-48H,3-29H2,1-2H3,(H,40,43)(H,49,50). The lowest BCUT2D eigenvalue weighted by atomic mass is 9.85. The molecular weight excluding hydrogens is 705 g/mol. The minimum Gasteiger partial charge on any atom is -0.393 e. The lowest BCUT2D eigenvalue weighted by Crippen LogP contribution is -2.64. The molecule has 0 aliphatic heterocycles. The monoisotopic (exact) mass is 784 g/mol. The Balaban J connectivity index is 2.55. The van der Waals surface area contributed by atoms with Crippen LogP contribution in [0, 0.1) is 0 Å². The van der Waals surface area contributed by atoms with Gasteiger partial charge in [0.2, 0.25) is 5.91 Å².